The first kappa shape index (κ1) is 18.1. The van der Waals surface area contributed by atoms with Gasteiger partial charge in [-0.3, -0.25) is 0 Å². The maximum absolute atomic E-state index is 5.83. The monoisotopic (exact) mass is 297 g/mol. The molecule has 5 nitrogen and oxygen atoms in total. The maximum Gasteiger partial charge on any atom is 0.231 e. The zero-order valence-electron chi connectivity index (χ0n) is 14.7. The Labute approximate surface area is 128 Å². The summed E-state index contributed by atoms with van der Waals surface area (Å²) in [7, 11) is 1.95. The van der Waals surface area contributed by atoms with Crippen LogP contribution in [0.5, 0.6) is 0 Å². The van der Waals surface area contributed by atoms with E-state index in [1.54, 1.807) is 0 Å². The second-order valence-corrected chi connectivity index (χ2v) is 7.04. The van der Waals surface area contributed by atoms with Crippen LogP contribution in [0.15, 0.2) is 4.52 Å². The third-order valence-electron chi connectivity index (χ3n) is 3.81. The van der Waals surface area contributed by atoms with Crippen molar-refractivity contribution in [3.05, 3.63) is 11.7 Å². The van der Waals surface area contributed by atoms with E-state index in [1.807, 2.05) is 14.0 Å². The summed E-state index contributed by atoms with van der Waals surface area (Å²) in [6, 6.07) is 0.276. The van der Waals surface area contributed by atoms with Gasteiger partial charge in [0.05, 0.1) is 5.92 Å². The first-order valence-corrected chi connectivity index (χ1v) is 7.84. The molecule has 0 bridgehead atoms. The van der Waals surface area contributed by atoms with Gasteiger partial charge in [0.1, 0.15) is 6.10 Å². The molecule has 1 N–H and O–H groups in total. The van der Waals surface area contributed by atoms with E-state index in [1.165, 1.54) is 0 Å². The molecule has 0 saturated heterocycles. The quantitative estimate of drug-likeness (QED) is 0.834. The molecule has 0 saturated carbocycles. The minimum Gasteiger partial charge on any atom is -0.370 e. The summed E-state index contributed by atoms with van der Waals surface area (Å²) < 4.78 is 11.4. The highest BCUT2D eigenvalue weighted by Crippen LogP contribution is 2.36. The fourth-order valence-electron chi connectivity index (χ4n) is 2.62. The van der Waals surface area contributed by atoms with Crippen molar-refractivity contribution in [3.63, 3.8) is 0 Å². The van der Waals surface area contributed by atoms with Crippen LogP contribution in [0.1, 0.15) is 72.2 Å². The van der Waals surface area contributed by atoms with Gasteiger partial charge in [-0.25, -0.2) is 0 Å². The minimum absolute atomic E-state index is 0.0703. The Morgan fingerprint density at radius 1 is 1.24 bits per heavy atom. The van der Waals surface area contributed by atoms with Crippen molar-refractivity contribution in [1.29, 1.82) is 0 Å². The van der Waals surface area contributed by atoms with Crippen LogP contribution in [-0.4, -0.2) is 29.8 Å². The van der Waals surface area contributed by atoms with Gasteiger partial charge in [-0.15, -0.1) is 0 Å². The molecule has 3 atom stereocenters. The average Bonchev–Trinajstić information content (AvgIpc) is 2.82. The standard InChI is InChI=1S/C16H31N3O2/c1-9-20-13(16(5,6)7)14-18-15(21-19-14)12(10(2)3)11(4)17-8/h10-13,17H,9H2,1-8H3. The van der Waals surface area contributed by atoms with E-state index in [-0.39, 0.29) is 23.5 Å². The molecule has 0 aliphatic carbocycles. The van der Waals surface area contributed by atoms with Gasteiger partial charge in [0.25, 0.3) is 0 Å². The summed E-state index contributed by atoms with van der Waals surface area (Å²) in [5.41, 5.74) is -0.0703. The third-order valence-corrected chi connectivity index (χ3v) is 3.81. The number of hydrogen-bond acceptors (Lipinski definition) is 5. The average molecular weight is 297 g/mol. The van der Waals surface area contributed by atoms with Gasteiger partial charge in [0.15, 0.2) is 0 Å². The zero-order valence-corrected chi connectivity index (χ0v) is 14.7. The molecule has 1 aromatic heterocycles. The smallest absolute Gasteiger partial charge is 0.231 e. The molecule has 122 valence electrons. The summed E-state index contributed by atoms with van der Waals surface area (Å²) in [6.45, 7) is 15.5. The molecule has 0 aromatic carbocycles. The Hall–Kier alpha value is -0.940. The Morgan fingerprint density at radius 3 is 2.29 bits per heavy atom. The topological polar surface area (TPSA) is 60.2 Å². The molecular weight excluding hydrogens is 266 g/mol. The lowest BCUT2D eigenvalue weighted by Gasteiger charge is -2.27. The number of nitrogens with one attached hydrogen (secondary N) is 1. The summed E-state index contributed by atoms with van der Waals surface area (Å²) in [4.78, 5) is 4.64. The van der Waals surface area contributed by atoms with E-state index >= 15 is 0 Å². The number of rotatable bonds is 7. The van der Waals surface area contributed by atoms with Crippen molar-refractivity contribution in [3.8, 4) is 0 Å². The minimum atomic E-state index is -0.155. The van der Waals surface area contributed by atoms with Crippen molar-refractivity contribution < 1.29 is 9.26 Å². The van der Waals surface area contributed by atoms with Crippen molar-refractivity contribution in [2.75, 3.05) is 13.7 Å². The van der Waals surface area contributed by atoms with Gasteiger partial charge in [-0.05, 0) is 32.2 Å². The highest BCUT2D eigenvalue weighted by molar-refractivity contribution is 5.03. The fourth-order valence-corrected chi connectivity index (χ4v) is 2.62. The van der Waals surface area contributed by atoms with Crippen molar-refractivity contribution in [2.24, 2.45) is 11.3 Å². The van der Waals surface area contributed by atoms with Crippen molar-refractivity contribution in [2.45, 2.75) is 66.5 Å². The molecule has 0 fully saturated rings. The second kappa shape index (κ2) is 7.36. The lowest BCUT2D eigenvalue weighted by molar-refractivity contribution is -0.0203. The summed E-state index contributed by atoms with van der Waals surface area (Å²) in [6.07, 6.45) is -0.155. The highest BCUT2D eigenvalue weighted by atomic mass is 16.5. The van der Waals surface area contributed by atoms with Crippen LogP contribution in [0.3, 0.4) is 0 Å². The van der Waals surface area contributed by atoms with E-state index in [0.29, 0.717) is 24.2 Å². The van der Waals surface area contributed by atoms with E-state index in [9.17, 15) is 0 Å². The molecule has 0 aliphatic heterocycles. The molecule has 5 heteroatoms. The Balaban J connectivity index is 3.07. The number of likely N-dealkylation sites (N-methyl/N-ethyl adjacent to an activating group) is 1. The van der Waals surface area contributed by atoms with Gasteiger partial charge >= 0.3 is 0 Å². The molecule has 21 heavy (non-hydrogen) atoms. The van der Waals surface area contributed by atoms with Gasteiger partial charge in [0, 0.05) is 12.6 Å². The number of nitrogens with zero attached hydrogens (tertiary/aromatic N) is 2. The predicted molar refractivity (Wildman–Crippen MR) is 84.2 cm³/mol. The Kier molecular flexibility index (Phi) is 6.35. The molecule has 0 aliphatic rings. The Bertz CT molecular complexity index is 407. The predicted octanol–water partition coefficient (Wildman–Crippen LogP) is 3.54. The number of ether oxygens (including phenoxy) is 1. The molecule has 3 unspecified atom stereocenters. The third kappa shape index (κ3) is 4.51. The van der Waals surface area contributed by atoms with E-state index in [0.717, 1.165) is 0 Å². The molecular formula is C16H31N3O2. The SMILES string of the molecule is CCOC(c1noc(C(C(C)C)C(C)NC)n1)C(C)(C)C. The van der Waals surface area contributed by atoms with Crippen LogP contribution in [0.25, 0.3) is 0 Å². The van der Waals surface area contributed by atoms with E-state index in [2.05, 4.69) is 57.0 Å². The fraction of sp³-hybridized carbons (Fsp3) is 0.875. The largest absolute Gasteiger partial charge is 0.370 e. The maximum atomic E-state index is 5.83. The molecule has 1 rings (SSSR count). The highest BCUT2D eigenvalue weighted by Gasteiger charge is 2.34. The lowest BCUT2D eigenvalue weighted by Crippen LogP contribution is -2.32. The lowest BCUT2D eigenvalue weighted by atomic mass is 9.88. The van der Waals surface area contributed by atoms with Gasteiger partial charge in [-0.2, -0.15) is 4.98 Å². The van der Waals surface area contributed by atoms with Gasteiger partial charge in [0.2, 0.25) is 11.7 Å². The summed E-state index contributed by atoms with van der Waals surface area (Å²) in [5, 5.41) is 7.46. The number of hydrogen-bond donors (Lipinski definition) is 1. The van der Waals surface area contributed by atoms with Crippen LogP contribution >= 0.6 is 0 Å². The Morgan fingerprint density at radius 2 is 1.86 bits per heavy atom. The molecule has 0 spiro atoms. The van der Waals surface area contributed by atoms with Gasteiger partial charge in [-0.1, -0.05) is 39.8 Å². The second-order valence-electron chi connectivity index (χ2n) is 7.04. The van der Waals surface area contributed by atoms with Crippen LogP contribution in [0.2, 0.25) is 0 Å². The molecule has 1 aromatic rings. The normalized spacial score (nSPS) is 17.0. The molecule has 0 radical (unpaired) electrons. The van der Waals surface area contributed by atoms with Crippen molar-refractivity contribution in [1.82, 2.24) is 15.5 Å². The van der Waals surface area contributed by atoms with E-state index < -0.39 is 0 Å². The van der Waals surface area contributed by atoms with Crippen molar-refractivity contribution >= 4 is 0 Å². The summed E-state index contributed by atoms with van der Waals surface area (Å²) >= 11 is 0. The molecule has 1 heterocycles. The van der Waals surface area contributed by atoms with Crippen LogP contribution in [-0.2, 0) is 4.74 Å². The van der Waals surface area contributed by atoms with Gasteiger partial charge < -0.3 is 14.6 Å². The first-order valence-electron chi connectivity index (χ1n) is 7.84. The molecule has 0 amide bonds. The van der Waals surface area contributed by atoms with Crippen LogP contribution < -0.4 is 5.32 Å². The number of aromatic nitrogens is 2. The van der Waals surface area contributed by atoms with Crippen LogP contribution in [0.4, 0.5) is 0 Å². The van der Waals surface area contributed by atoms with Crippen LogP contribution in [0, 0.1) is 11.3 Å². The zero-order chi connectivity index (χ0) is 16.2. The van der Waals surface area contributed by atoms with E-state index in [4.69, 9.17) is 9.26 Å². The first-order chi connectivity index (χ1) is 9.72. The summed E-state index contributed by atoms with van der Waals surface area (Å²) in [5.74, 6) is 1.95.